The normalized spacial score (nSPS) is 15.9. The van der Waals surface area contributed by atoms with Gasteiger partial charge in [-0.05, 0) is 12.1 Å². The molecule has 0 spiro atoms. The molecule has 1 heterocycles. The number of nitrogens with one attached hydrogen (secondary N) is 2. The van der Waals surface area contributed by atoms with Crippen LogP contribution in [-0.4, -0.2) is 50.3 Å². The van der Waals surface area contributed by atoms with Gasteiger partial charge >= 0.3 is 6.03 Å². The van der Waals surface area contributed by atoms with Crippen molar-refractivity contribution in [2.45, 2.75) is 0 Å². The first kappa shape index (κ1) is 14.7. The van der Waals surface area contributed by atoms with E-state index in [2.05, 4.69) is 15.5 Å². The Kier molecular flexibility index (Phi) is 5.25. The van der Waals surface area contributed by atoms with E-state index in [1.165, 1.54) is 0 Å². The van der Waals surface area contributed by atoms with E-state index in [1.54, 1.807) is 0 Å². The Morgan fingerprint density at radius 1 is 1.30 bits per heavy atom. The molecule has 0 aliphatic carbocycles. The van der Waals surface area contributed by atoms with Gasteiger partial charge in [-0.1, -0.05) is 0 Å². The summed E-state index contributed by atoms with van der Waals surface area (Å²) < 4.78 is 31.5. The van der Waals surface area contributed by atoms with Gasteiger partial charge in [0.05, 0.1) is 18.9 Å². The van der Waals surface area contributed by atoms with Gasteiger partial charge in [0.2, 0.25) is 0 Å². The van der Waals surface area contributed by atoms with Crippen LogP contribution in [0.3, 0.4) is 0 Å². The summed E-state index contributed by atoms with van der Waals surface area (Å²) in [6, 6.07) is 2.36. The van der Waals surface area contributed by atoms with Gasteiger partial charge in [-0.3, -0.25) is 4.90 Å². The molecular formula is C13H17F2N3O2. The Morgan fingerprint density at radius 3 is 2.80 bits per heavy atom. The molecule has 0 radical (unpaired) electrons. The molecule has 2 amide bonds. The van der Waals surface area contributed by atoms with E-state index in [0.717, 1.165) is 31.3 Å². The lowest BCUT2D eigenvalue weighted by atomic mass is 10.3. The van der Waals surface area contributed by atoms with Crippen LogP contribution in [-0.2, 0) is 4.74 Å². The van der Waals surface area contributed by atoms with Crippen molar-refractivity contribution >= 4 is 11.7 Å². The Morgan fingerprint density at radius 2 is 2.05 bits per heavy atom. The molecule has 1 aromatic carbocycles. The zero-order valence-corrected chi connectivity index (χ0v) is 11.0. The SMILES string of the molecule is O=C(NCCN1CCOCC1)Nc1cc(F)ccc1F. The molecule has 0 saturated carbocycles. The zero-order valence-electron chi connectivity index (χ0n) is 11.0. The number of carbonyl (C=O) groups is 1. The Hall–Kier alpha value is -1.73. The maximum atomic E-state index is 13.3. The van der Waals surface area contributed by atoms with Crippen LogP contribution in [0.4, 0.5) is 19.3 Å². The van der Waals surface area contributed by atoms with Crippen molar-refractivity contribution in [3.63, 3.8) is 0 Å². The first-order valence-corrected chi connectivity index (χ1v) is 6.45. The number of carbonyl (C=O) groups excluding carboxylic acids is 1. The minimum Gasteiger partial charge on any atom is -0.379 e. The summed E-state index contributed by atoms with van der Waals surface area (Å²) in [4.78, 5) is 13.7. The van der Waals surface area contributed by atoms with Crippen LogP contribution in [0.2, 0.25) is 0 Å². The zero-order chi connectivity index (χ0) is 14.4. The van der Waals surface area contributed by atoms with Gasteiger partial charge in [-0.25, -0.2) is 13.6 Å². The predicted molar refractivity (Wildman–Crippen MR) is 70.6 cm³/mol. The Labute approximate surface area is 115 Å². The molecule has 1 saturated heterocycles. The average molecular weight is 285 g/mol. The molecule has 1 aliphatic heterocycles. The lowest BCUT2D eigenvalue weighted by Gasteiger charge is -2.26. The van der Waals surface area contributed by atoms with Crippen molar-refractivity contribution < 1.29 is 18.3 Å². The molecule has 1 aliphatic rings. The maximum Gasteiger partial charge on any atom is 0.319 e. The maximum absolute atomic E-state index is 13.3. The number of hydrogen-bond acceptors (Lipinski definition) is 3. The number of ether oxygens (including phenoxy) is 1. The van der Waals surface area contributed by atoms with Crippen molar-refractivity contribution in [1.29, 1.82) is 0 Å². The van der Waals surface area contributed by atoms with E-state index in [9.17, 15) is 13.6 Å². The van der Waals surface area contributed by atoms with E-state index >= 15 is 0 Å². The van der Waals surface area contributed by atoms with Crippen LogP contribution in [0.15, 0.2) is 18.2 Å². The summed E-state index contributed by atoms with van der Waals surface area (Å²) in [7, 11) is 0. The number of halogens is 2. The van der Waals surface area contributed by atoms with E-state index in [4.69, 9.17) is 4.74 Å². The van der Waals surface area contributed by atoms with Crippen LogP contribution < -0.4 is 10.6 Å². The smallest absolute Gasteiger partial charge is 0.319 e. The molecule has 5 nitrogen and oxygen atoms in total. The minimum atomic E-state index is -0.672. The standard InChI is InChI=1S/C13H17F2N3O2/c14-10-1-2-11(15)12(9-10)17-13(19)16-3-4-18-5-7-20-8-6-18/h1-2,9H,3-8H2,(H2,16,17,19). The second-order valence-electron chi connectivity index (χ2n) is 4.46. The molecule has 2 N–H and O–H groups in total. The van der Waals surface area contributed by atoms with Crippen molar-refractivity contribution in [2.24, 2.45) is 0 Å². The monoisotopic (exact) mass is 285 g/mol. The number of rotatable bonds is 4. The molecular weight excluding hydrogens is 268 g/mol. The quantitative estimate of drug-likeness (QED) is 0.879. The number of hydrogen-bond donors (Lipinski definition) is 2. The molecule has 1 aromatic rings. The highest BCUT2D eigenvalue weighted by atomic mass is 19.1. The Balaban J connectivity index is 1.73. The first-order chi connectivity index (χ1) is 9.65. The topological polar surface area (TPSA) is 53.6 Å². The third-order valence-corrected chi connectivity index (χ3v) is 2.99. The van der Waals surface area contributed by atoms with Crippen LogP contribution in [0.25, 0.3) is 0 Å². The van der Waals surface area contributed by atoms with E-state index in [1.807, 2.05) is 0 Å². The third-order valence-electron chi connectivity index (χ3n) is 2.99. The molecule has 7 heteroatoms. The number of benzene rings is 1. The van der Waals surface area contributed by atoms with Crippen LogP contribution in [0, 0.1) is 11.6 Å². The highest BCUT2D eigenvalue weighted by Crippen LogP contribution is 2.14. The molecule has 1 fully saturated rings. The number of nitrogens with zero attached hydrogens (tertiary/aromatic N) is 1. The van der Waals surface area contributed by atoms with Crippen LogP contribution >= 0.6 is 0 Å². The number of anilines is 1. The predicted octanol–water partition coefficient (Wildman–Crippen LogP) is 1.42. The fraction of sp³-hybridized carbons (Fsp3) is 0.462. The molecule has 110 valence electrons. The van der Waals surface area contributed by atoms with Crippen LogP contribution in [0.1, 0.15) is 0 Å². The number of urea groups is 1. The molecule has 0 aromatic heterocycles. The van der Waals surface area contributed by atoms with Gasteiger partial charge in [0.1, 0.15) is 11.6 Å². The largest absolute Gasteiger partial charge is 0.379 e. The highest BCUT2D eigenvalue weighted by Gasteiger charge is 2.11. The van der Waals surface area contributed by atoms with E-state index in [0.29, 0.717) is 26.3 Å². The summed E-state index contributed by atoms with van der Waals surface area (Å²) >= 11 is 0. The van der Waals surface area contributed by atoms with Gasteiger partial charge < -0.3 is 15.4 Å². The van der Waals surface area contributed by atoms with Gasteiger partial charge in [0.25, 0.3) is 0 Å². The van der Waals surface area contributed by atoms with Gasteiger partial charge in [0, 0.05) is 32.2 Å². The van der Waals surface area contributed by atoms with Crippen LogP contribution in [0.5, 0.6) is 0 Å². The molecule has 0 atom stereocenters. The van der Waals surface area contributed by atoms with Crippen molar-refractivity contribution in [3.05, 3.63) is 29.8 Å². The molecule has 0 bridgehead atoms. The second-order valence-corrected chi connectivity index (χ2v) is 4.46. The highest BCUT2D eigenvalue weighted by molar-refractivity contribution is 5.89. The number of amides is 2. The lowest BCUT2D eigenvalue weighted by molar-refractivity contribution is 0.0388. The van der Waals surface area contributed by atoms with E-state index in [-0.39, 0.29) is 5.69 Å². The third kappa shape index (κ3) is 4.43. The average Bonchev–Trinajstić information content (AvgIpc) is 2.44. The summed E-state index contributed by atoms with van der Waals surface area (Å²) in [5.41, 5.74) is -0.172. The first-order valence-electron chi connectivity index (χ1n) is 6.45. The second kappa shape index (κ2) is 7.16. The van der Waals surface area contributed by atoms with Crippen molar-refractivity contribution in [3.8, 4) is 0 Å². The summed E-state index contributed by atoms with van der Waals surface area (Å²) in [5.74, 6) is -1.27. The van der Waals surface area contributed by atoms with Gasteiger partial charge in [-0.2, -0.15) is 0 Å². The summed E-state index contributed by atoms with van der Waals surface area (Å²) in [6.07, 6.45) is 0. The molecule has 20 heavy (non-hydrogen) atoms. The summed E-state index contributed by atoms with van der Waals surface area (Å²) in [6.45, 7) is 4.19. The van der Waals surface area contributed by atoms with Gasteiger partial charge in [-0.15, -0.1) is 0 Å². The van der Waals surface area contributed by atoms with Crippen molar-refractivity contribution in [2.75, 3.05) is 44.7 Å². The Bertz CT molecular complexity index is 465. The summed E-state index contributed by atoms with van der Waals surface area (Å²) in [5, 5.41) is 4.88. The van der Waals surface area contributed by atoms with E-state index < -0.39 is 17.7 Å². The fourth-order valence-electron chi connectivity index (χ4n) is 1.91. The molecule has 0 unspecified atom stereocenters. The fourth-order valence-corrected chi connectivity index (χ4v) is 1.91. The number of morpholine rings is 1. The minimum absolute atomic E-state index is 0.172. The lowest BCUT2D eigenvalue weighted by Crippen LogP contribution is -2.42. The van der Waals surface area contributed by atoms with Crippen molar-refractivity contribution in [1.82, 2.24) is 10.2 Å². The van der Waals surface area contributed by atoms with Gasteiger partial charge in [0.15, 0.2) is 0 Å². The molecule has 2 rings (SSSR count).